The molecule has 1 aromatic heterocycles. The van der Waals surface area contributed by atoms with E-state index in [9.17, 15) is 0 Å². The SMILES string of the molecule is CCn1cc(COc2ccc(NC(N)=S)cc2)cn1. The predicted molar refractivity (Wildman–Crippen MR) is 79.1 cm³/mol. The van der Waals surface area contributed by atoms with E-state index < -0.39 is 0 Å². The number of hydrogen-bond donors (Lipinski definition) is 2. The highest BCUT2D eigenvalue weighted by atomic mass is 32.1. The Morgan fingerprint density at radius 1 is 1.42 bits per heavy atom. The van der Waals surface area contributed by atoms with E-state index in [2.05, 4.69) is 10.4 Å². The van der Waals surface area contributed by atoms with Gasteiger partial charge in [0.2, 0.25) is 0 Å². The van der Waals surface area contributed by atoms with Crippen LogP contribution < -0.4 is 15.8 Å². The average Bonchev–Trinajstić information content (AvgIpc) is 2.85. The minimum atomic E-state index is 0.251. The number of hydrogen-bond acceptors (Lipinski definition) is 3. The molecule has 0 fully saturated rings. The normalized spacial score (nSPS) is 10.2. The molecule has 1 heterocycles. The van der Waals surface area contributed by atoms with E-state index in [0.29, 0.717) is 6.61 Å². The van der Waals surface area contributed by atoms with Crippen LogP contribution in [0.3, 0.4) is 0 Å². The Bertz CT molecular complexity index is 550. The predicted octanol–water partition coefficient (Wildman–Crippen LogP) is 2.14. The summed E-state index contributed by atoms with van der Waals surface area (Å²) in [5.74, 6) is 0.790. The fraction of sp³-hybridized carbons (Fsp3) is 0.231. The number of anilines is 1. The van der Waals surface area contributed by atoms with Crippen molar-refractivity contribution in [3.05, 3.63) is 42.2 Å². The Hall–Kier alpha value is -2.08. The second kappa shape index (κ2) is 6.19. The van der Waals surface area contributed by atoms with Crippen LogP contribution in [0.2, 0.25) is 0 Å². The molecule has 2 aromatic rings. The third kappa shape index (κ3) is 3.96. The molecule has 0 aliphatic rings. The van der Waals surface area contributed by atoms with E-state index >= 15 is 0 Å². The van der Waals surface area contributed by atoms with Gasteiger partial charge >= 0.3 is 0 Å². The summed E-state index contributed by atoms with van der Waals surface area (Å²) in [5, 5.41) is 7.30. The summed E-state index contributed by atoms with van der Waals surface area (Å²) >= 11 is 4.77. The summed E-state index contributed by atoms with van der Waals surface area (Å²) in [7, 11) is 0. The maximum Gasteiger partial charge on any atom is 0.168 e. The highest BCUT2D eigenvalue weighted by Gasteiger charge is 2.00. The molecule has 6 heteroatoms. The molecule has 3 N–H and O–H groups in total. The number of aromatic nitrogens is 2. The minimum Gasteiger partial charge on any atom is -0.489 e. The summed E-state index contributed by atoms with van der Waals surface area (Å²) in [6.07, 6.45) is 3.79. The average molecular weight is 276 g/mol. The molecule has 0 amide bonds. The third-order valence-electron chi connectivity index (χ3n) is 2.54. The third-order valence-corrected chi connectivity index (χ3v) is 2.64. The summed E-state index contributed by atoms with van der Waals surface area (Å²) in [6.45, 7) is 3.41. The summed E-state index contributed by atoms with van der Waals surface area (Å²) in [6, 6.07) is 7.46. The van der Waals surface area contributed by atoms with Crippen molar-refractivity contribution >= 4 is 23.0 Å². The van der Waals surface area contributed by atoms with Crippen LogP contribution in [-0.2, 0) is 13.2 Å². The molecule has 0 saturated carbocycles. The van der Waals surface area contributed by atoms with Crippen LogP contribution in [0.5, 0.6) is 5.75 Å². The first-order valence-corrected chi connectivity index (χ1v) is 6.39. The molecular formula is C13H16N4OS. The van der Waals surface area contributed by atoms with E-state index in [1.54, 1.807) is 0 Å². The molecule has 2 rings (SSSR count). The molecule has 19 heavy (non-hydrogen) atoms. The Labute approximate surface area is 117 Å². The van der Waals surface area contributed by atoms with Crippen LogP contribution in [0.15, 0.2) is 36.7 Å². The Balaban J connectivity index is 1.90. The van der Waals surface area contributed by atoms with Gasteiger partial charge in [-0.25, -0.2) is 0 Å². The fourth-order valence-corrected chi connectivity index (χ4v) is 1.72. The van der Waals surface area contributed by atoms with Crippen molar-refractivity contribution in [1.29, 1.82) is 0 Å². The number of nitrogens with zero attached hydrogens (tertiary/aromatic N) is 2. The van der Waals surface area contributed by atoms with E-state index in [1.807, 2.05) is 48.3 Å². The van der Waals surface area contributed by atoms with Crippen LogP contribution in [0.25, 0.3) is 0 Å². The van der Waals surface area contributed by atoms with Gasteiger partial charge in [-0.1, -0.05) is 0 Å². The van der Waals surface area contributed by atoms with Crippen molar-refractivity contribution in [2.24, 2.45) is 5.73 Å². The molecule has 0 aliphatic heterocycles. The lowest BCUT2D eigenvalue weighted by molar-refractivity contribution is 0.306. The molecule has 0 unspecified atom stereocenters. The summed E-state index contributed by atoms with van der Waals surface area (Å²) in [4.78, 5) is 0. The number of rotatable bonds is 5. The lowest BCUT2D eigenvalue weighted by atomic mass is 10.3. The number of nitrogens with two attached hydrogens (primary N) is 1. The van der Waals surface area contributed by atoms with Gasteiger partial charge < -0.3 is 15.8 Å². The van der Waals surface area contributed by atoms with Crippen molar-refractivity contribution in [2.75, 3.05) is 5.32 Å². The minimum absolute atomic E-state index is 0.251. The Kier molecular flexibility index (Phi) is 4.35. The number of nitrogens with one attached hydrogen (secondary N) is 1. The largest absolute Gasteiger partial charge is 0.489 e. The molecule has 0 bridgehead atoms. The molecule has 0 atom stereocenters. The first-order chi connectivity index (χ1) is 9.17. The molecule has 0 aliphatic carbocycles. The van der Waals surface area contributed by atoms with Gasteiger partial charge in [-0.3, -0.25) is 4.68 Å². The number of ether oxygens (including phenoxy) is 1. The van der Waals surface area contributed by atoms with Gasteiger partial charge in [0.15, 0.2) is 5.11 Å². The van der Waals surface area contributed by atoms with Crippen LogP contribution in [0, 0.1) is 0 Å². The highest BCUT2D eigenvalue weighted by Crippen LogP contribution is 2.16. The Morgan fingerprint density at radius 3 is 2.74 bits per heavy atom. The first kappa shape index (κ1) is 13.4. The highest BCUT2D eigenvalue weighted by molar-refractivity contribution is 7.80. The lowest BCUT2D eigenvalue weighted by Gasteiger charge is -2.07. The van der Waals surface area contributed by atoms with E-state index in [0.717, 1.165) is 23.5 Å². The van der Waals surface area contributed by atoms with Gasteiger partial charge in [-0.15, -0.1) is 0 Å². The van der Waals surface area contributed by atoms with E-state index in [-0.39, 0.29) is 5.11 Å². The van der Waals surface area contributed by atoms with Gasteiger partial charge in [-0.05, 0) is 43.4 Å². The van der Waals surface area contributed by atoms with Crippen LogP contribution in [0.1, 0.15) is 12.5 Å². The van der Waals surface area contributed by atoms with Crippen molar-refractivity contribution in [3.63, 3.8) is 0 Å². The quantitative estimate of drug-likeness (QED) is 0.819. The number of aryl methyl sites for hydroxylation is 1. The maximum atomic E-state index is 5.66. The summed E-state index contributed by atoms with van der Waals surface area (Å²) < 4.78 is 7.53. The van der Waals surface area contributed by atoms with Crippen molar-refractivity contribution in [1.82, 2.24) is 9.78 Å². The zero-order chi connectivity index (χ0) is 13.7. The molecule has 0 saturated heterocycles. The summed E-state index contributed by atoms with van der Waals surface area (Å²) in [5.41, 5.74) is 7.29. The molecular weight excluding hydrogens is 260 g/mol. The van der Waals surface area contributed by atoms with Crippen molar-refractivity contribution < 1.29 is 4.74 Å². The topological polar surface area (TPSA) is 65.1 Å². The molecule has 100 valence electrons. The first-order valence-electron chi connectivity index (χ1n) is 5.98. The van der Waals surface area contributed by atoms with E-state index in [1.165, 1.54) is 0 Å². The number of benzene rings is 1. The van der Waals surface area contributed by atoms with Crippen LogP contribution in [0.4, 0.5) is 5.69 Å². The van der Waals surface area contributed by atoms with Crippen LogP contribution in [-0.4, -0.2) is 14.9 Å². The smallest absolute Gasteiger partial charge is 0.168 e. The maximum absolute atomic E-state index is 5.66. The molecule has 0 radical (unpaired) electrons. The van der Waals surface area contributed by atoms with Gasteiger partial charge in [0.1, 0.15) is 12.4 Å². The van der Waals surface area contributed by atoms with Gasteiger partial charge in [-0.2, -0.15) is 5.10 Å². The van der Waals surface area contributed by atoms with Gasteiger partial charge in [0, 0.05) is 24.0 Å². The van der Waals surface area contributed by atoms with Crippen molar-refractivity contribution in [2.45, 2.75) is 20.1 Å². The fourth-order valence-electron chi connectivity index (χ4n) is 1.60. The zero-order valence-electron chi connectivity index (χ0n) is 10.7. The zero-order valence-corrected chi connectivity index (χ0v) is 11.5. The lowest BCUT2D eigenvalue weighted by Crippen LogP contribution is -2.18. The van der Waals surface area contributed by atoms with Crippen LogP contribution >= 0.6 is 12.2 Å². The molecule has 0 spiro atoms. The van der Waals surface area contributed by atoms with Gasteiger partial charge in [0.25, 0.3) is 0 Å². The van der Waals surface area contributed by atoms with Crippen molar-refractivity contribution in [3.8, 4) is 5.75 Å². The van der Waals surface area contributed by atoms with E-state index in [4.69, 9.17) is 22.7 Å². The monoisotopic (exact) mass is 276 g/mol. The van der Waals surface area contributed by atoms with Gasteiger partial charge in [0.05, 0.1) is 6.20 Å². The number of thiocarbonyl (C=S) groups is 1. The second-order valence-corrected chi connectivity index (χ2v) is 4.45. The molecule has 1 aromatic carbocycles. The Morgan fingerprint density at radius 2 is 2.16 bits per heavy atom. The molecule has 5 nitrogen and oxygen atoms in total. The second-order valence-electron chi connectivity index (χ2n) is 4.01. The standard InChI is InChI=1S/C13H16N4OS/c1-2-17-8-10(7-15-17)9-18-12-5-3-11(4-6-12)16-13(14)19/h3-8H,2,9H2,1H3,(H3,14,16,19).